The molecule has 3 nitrogen and oxygen atoms in total. The van der Waals surface area contributed by atoms with Gasteiger partial charge in [0.1, 0.15) is 11.2 Å². The fourth-order valence-corrected chi connectivity index (χ4v) is 9.26. The summed E-state index contributed by atoms with van der Waals surface area (Å²) in [4.78, 5) is 2.38. The quantitative estimate of drug-likeness (QED) is 0.158. The number of nitrogens with zero attached hydrogens (tertiary/aromatic N) is 2. The summed E-state index contributed by atoms with van der Waals surface area (Å²) in [6, 6.07) is 78.7. The Morgan fingerprint density at radius 2 is 0.966 bits per heavy atom. The van der Waals surface area contributed by atoms with E-state index in [2.05, 4.69) is 222 Å². The monoisotopic (exact) mass is 752 g/mol. The minimum atomic E-state index is 0.863. The van der Waals surface area contributed by atoms with Crippen LogP contribution in [0.3, 0.4) is 0 Å². The average Bonchev–Trinajstić information content (AvgIpc) is 3.85. The van der Waals surface area contributed by atoms with Crippen LogP contribution in [0, 0.1) is 0 Å². The molecule has 0 N–H and O–H groups in total. The van der Waals surface area contributed by atoms with Gasteiger partial charge in [-0.2, -0.15) is 0 Å². The van der Waals surface area contributed by atoms with E-state index in [1.807, 2.05) is 6.07 Å². The Kier molecular flexibility index (Phi) is 7.54. The topological polar surface area (TPSA) is 21.3 Å². The maximum Gasteiger partial charge on any atom is 0.145 e. The molecule has 10 aromatic carbocycles. The van der Waals surface area contributed by atoms with Crippen LogP contribution < -0.4 is 4.90 Å². The first kappa shape index (κ1) is 33.3. The molecule has 0 saturated heterocycles. The number of fused-ring (bicyclic) bond motifs is 9. The van der Waals surface area contributed by atoms with Crippen LogP contribution in [0.15, 0.2) is 223 Å². The summed E-state index contributed by atoms with van der Waals surface area (Å²) < 4.78 is 9.29. The number of benzene rings is 10. The second-order valence-electron chi connectivity index (χ2n) is 15.3. The smallest absolute Gasteiger partial charge is 0.145 e. The first-order chi connectivity index (χ1) is 29.3. The molecule has 0 bridgehead atoms. The molecular weight excluding hydrogens is 717 g/mol. The van der Waals surface area contributed by atoms with Gasteiger partial charge in [0.05, 0.1) is 16.7 Å². The minimum absolute atomic E-state index is 0.863. The average molecular weight is 753 g/mol. The third-order valence-corrected chi connectivity index (χ3v) is 11.9. The van der Waals surface area contributed by atoms with Gasteiger partial charge in [0.2, 0.25) is 0 Å². The standard InChI is InChI=1S/C56H36N2O/c1-2-17-42(18-3-1)57(43-19-12-15-39(34-43)40-31-30-38-29-28-37-14-4-5-21-45(37)50(38)36-40)53-33-32-49-48-24-8-11-27-54(48)59-56(49)55(53)41-16-13-20-44(35-41)58-51-25-9-6-22-46(51)47-23-7-10-26-52(47)58/h1-36H. The van der Waals surface area contributed by atoms with E-state index >= 15 is 0 Å². The van der Waals surface area contributed by atoms with E-state index in [-0.39, 0.29) is 0 Å². The van der Waals surface area contributed by atoms with Crippen LogP contribution in [-0.4, -0.2) is 4.57 Å². The molecule has 59 heavy (non-hydrogen) atoms. The van der Waals surface area contributed by atoms with Crippen molar-refractivity contribution in [2.24, 2.45) is 0 Å². The fraction of sp³-hybridized carbons (Fsp3) is 0. The highest BCUT2D eigenvalue weighted by Crippen LogP contribution is 2.47. The number of hydrogen-bond donors (Lipinski definition) is 0. The third-order valence-electron chi connectivity index (χ3n) is 11.9. The molecule has 12 rings (SSSR count). The van der Waals surface area contributed by atoms with Gasteiger partial charge >= 0.3 is 0 Å². The molecule has 276 valence electrons. The summed E-state index contributed by atoms with van der Waals surface area (Å²) in [6.07, 6.45) is 0. The minimum Gasteiger partial charge on any atom is -0.455 e. The second-order valence-corrected chi connectivity index (χ2v) is 15.3. The number of para-hydroxylation sites is 4. The van der Waals surface area contributed by atoms with E-state index < -0.39 is 0 Å². The highest BCUT2D eigenvalue weighted by molar-refractivity contribution is 6.14. The molecule has 0 aliphatic heterocycles. The Labute approximate surface area is 341 Å². The molecular formula is C56H36N2O. The van der Waals surface area contributed by atoms with E-state index in [1.165, 1.54) is 48.9 Å². The molecule has 0 spiro atoms. The number of rotatable bonds is 6. The van der Waals surface area contributed by atoms with Gasteiger partial charge in [-0.1, -0.05) is 146 Å². The molecule has 2 aromatic heterocycles. The van der Waals surface area contributed by atoms with Crippen molar-refractivity contribution in [3.63, 3.8) is 0 Å². The van der Waals surface area contributed by atoms with E-state index in [0.29, 0.717) is 0 Å². The van der Waals surface area contributed by atoms with Crippen molar-refractivity contribution >= 4 is 82.4 Å². The summed E-state index contributed by atoms with van der Waals surface area (Å²) in [5, 5.41) is 9.68. The molecule has 0 radical (unpaired) electrons. The Balaban J connectivity index is 1.10. The Morgan fingerprint density at radius 3 is 1.78 bits per heavy atom. The summed E-state index contributed by atoms with van der Waals surface area (Å²) in [7, 11) is 0. The predicted molar refractivity (Wildman–Crippen MR) is 249 cm³/mol. The summed E-state index contributed by atoms with van der Waals surface area (Å²) in [5.74, 6) is 0. The van der Waals surface area contributed by atoms with Crippen molar-refractivity contribution < 1.29 is 4.42 Å². The normalized spacial score (nSPS) is 11.7. The molecule has 0 fully saturated rings. The maximum atomic E-state index is 6.91. The first-order valence-corrected chi connectivity index (χ1v) is 20.2. The Hall–Kier alpha value is -7.88. The van der Waals surface area contributed by atoms with Gasteiger partial charge in [-0.25, -0.2) is 0 Å². The van der Waals surface area contributed by atoms with Crippen LogP contribution in [-0.2, 0) is 0 Å². The van der Waals surface area contributed by atoms with Crippen LogP contribution >= 0.6 is 0 Å². The van der Waals surface area contributed by atoms with E-state index in [4.69, 9.17) is 4.42 Å². The Morgan fingerprint density at radius 1 is 0.356 bits per heavy atom. The van der Waals surface area contributed by atoms with Crippen molar-refractivity contribution in [3.8, 4) is 27.9 Å². The largest absolute Gasteiger partial charge is 0.455 e. The molecule has 0 saturated carbocycles. The van der Waals surface area contributed by atoms with Crippen LogP contribution in [0.25, 0.3) is 93.2 Å². The lowest BCUT2D eigenvalue weighted by Gasteiger charge is -2.28. The number of furan rings is 1. The number of aromatic nitrogens is 1. The molecule has 0 aliphatic rings. The van der Waals surface area contributed by atoms with Crippen molar-refractivity contribution in [2.45, 2.75) is 0 Å². The van der Waals surface area contributed by atoms with Gasteiger partial charge in [0.25, 0.3) is 0 Å². The van der Waals surface area contributed by atoms with Gasteiger partial charge in [-0.15, -0.1) is 0 Å². The zero-order valence-corrected chi connectivity index (χ0v) is 32.1. The fourth-order valence-electron chi connectivity index (χ4n) is 9.26. The molecule has 12 aromatic rings. The maximum absolute atomic E-state index is 6.91. The molecule has 0 aliphatic carbocycles. The van der Waals surface area contributed by atoms with E-state index in [1.54, 1.807) is 0 Å². The van der Waals surface area contributed by atoms with Crippen LogP contribution in [0.5, 0.6) is 0 Å². The van der Waals surface area contributed by atoms with Crippen molar-refractivity contribution in [1.29, 1.82) is 0 Å². The lowest BCUT2D eigenvalue weighted by atomic mass is 9.96. The Bertz CT molecular complexity index is 3520. The molecule has 0 unspecified atom stereocenters. The van der Waals surface area contributed by atoms with Gasteiger partial charge in [0.15, 0.2) is 0 Å². The molecule has 0 amide bonds. The van der Waals surface area contributed by atoms with Crippen molar-refractivity contribution in [1.82, 2.24) is 4.57 Å². The van der Waals surface area contributed by atoms with E-state index in [0.717, 1.165) is 61.4 Å². The lowest BCUT2D eigenvalue weighted by Crippen LogP contribution is -2.11. The second kappa shape index (κ2) is 13.4. The third kappa shape index (κ3) is 5.36. The van der Waals surface area contributed by atoms with Crippen molar-refractivity contribution in [3.05, 3.63) is 218 Å². The van der Waals surface area contributed by atoms with Gasteiger partial charge in [0, 0.05) is 44.2 Å². The van der Waals surface area contributed by atoms with Crippen molar-refractivity contribution in [2.75, 3.05) is 4.90 Å². The SMILES string of the molecule is c1ccc(N(c2cccc(-c3ccc4ccc5ccccc5c4c3)c2)c2ccc3c(oc4ccccc43)c2-c2cccc(-n3c4ccccc4c4ccccc43)c2)cc1. The van der Waals surface area contributed by atoms with Gasteiger partial charge < -0.3 is 13.9 Å². The lowest BCUT2D eigenvalue weighted by molar-refractivity contribution is 0.670. The van der Waals surface area contributed by atoms with Crippen LogP contribution in [0.1, 0.15) is 0 Å². The highest BCUT2D eigenvalue weighted by Gasteiger charge is 2.24. The summed E-state index contributed by atoms with van der Waals surface area (Å²) >= 11 is 0. The predicted octanol–water partition coefficient (Wildman–Crippen LogP) is 15.8. The summed E-state index contributed by atoms with van der Waals surface area (Å²) in [5.41, 5.74) is 12.8. The molecule has 0 atom stereocenters. The van der Waals surface area contributed by atoms with Gasteiger partial charge in [-0.05, 0) is 111 Å². The van der Waals surface area contributed by atoms with Crippen LogP contribution in [0.4, 0.5) is 17.1 Å². The first-order valence-electron chi connectivity index (χ1n) is 20.2. The zero-order chi connectivity index (χ0) is 38.9. The number of anilines is 3. The molecule has 3 heteroatoms. The van der Waals surface area contributed by atoms with E-state index in [9.17, 15) is 0 Å². The summed E-state index contributed by atoms with van der Waals surface area (Å²) in [6.45, 7) is 0. The van der Waals surface area contributed by atoms with Gasteiger partial charge in [-0.3, -0.25) is 0 Å². The number of hydrogen-bond acceptors (Lipinski definition) is 2. The molecule has 2 heterocycles. The van der Waals surface area contributed by atoms with Crippen LogP contribution in [0.2, 0.25) is 0 Å². The zero-order valence-electron chi connectivity index (χ0n) is 32.1. The highest BCUT2D eigenvalue weighted by atomic mass is 16.3.